The molecule has 128 valence electrons. The molecule has 24 heavy (non-hydrogen) atoms. The fourth-order valence-corrected chi connectivity index (χ4v) is 6.07. The monoisotopic (exact) mass is 429 g/mol. The van der Waals surface area contributed by atoms with E-state index in [1.807, 2.05) is 12.1 Å². The van der Waals surface area contributed by atoms with Gasteiger partial charge in [-0.15, -0.1) is 0 Å². The second kappa shape index (κ2) is 6.12. The molecule has 1 atom stereocenters. The SMILES string of the molecule is O=S1(=O)CCNCC1C1CN(c2cc(Br)cc3cc(Cl)ncc23)C1. The Kier molecular flexibility index (Phi) is 4.23. The fourth-order valence-electron chi connectivity index (χ4n) is 3.58. The summed E-state index contributed by atoms with van der Waals surface area (Å²) in [4.78, 5) is 6.41. The largest absolute Gasteiger partial charge is 0.370 e. The van der Waals surface area contributed by atoms with Crippen LogP contribution >= 0.6 is 27.5 Å². The van der Waals surface area contributed by atoms with Crippen molar-refractivity contribution in [1.82, 2.24) is 10.3 Å². The quantitative estimate of drug-likeness (QED) is 0.742. The van der Waals surface area contributed by atoms with Crippen molar-refractivity contribution in [3.63, 3.8) is 0 Å². The van der Waals surface area contributed by atoms with Crippen LogP contribution in [0.4, 0.5) is 5.69 Å². The molecule has 8 heteroatoms. The molecule has 2 fully saturated rings. The number of pyridine rings is 1. The first-order chi connectivity index (χ1) is 11.4. The van der Waals surface area contributed by atoms with E-state index in [1.54, 1.807) is 6.20 Å². The molecule has 2 aromatic rings. The minimum Gasteiger partial charge on any atom is -0.370 e. The summed E-state index contributed by atoms with van der Waals surface area (Å²) in [6, 6.07) is 5.92. The van der Waals surface area contributed by atoms with Gasteiger partial charge in [-0.25, -0.2) is 13.4 Å². The van der Waals surface area contributed by atoms with Gasteiger partial charge in [0.2, 0.25) is 0 Å². The highest BCUT2D eigenvalue weighted by Gasteiger charge is 2.42. The minimum absolute atomic E-state index is 0.178. The van der Waals surface area contributed by atoms with Crippen LogP contribution in [0.5, 0.6) is 0 Å². The molecular formula is C16H17BrClN3O2S. The van der Waals surface area contributed by atoms with Gasteiger partial charge in [-0.2, -0.15) is 0 Å². The maximum absolute atomic E-state index is 12.3. The van der Waals surface area contributed by atoms with Gasteiger partial charge in [0.15, 0.2) is 9.84 Å². The number of hydrogen-bond donors (Lipinski definition) is 1. The molecule has 2 saturated heterocycles. The average Bonchev–Trinajstić information content (AvgIpc) is 2.46. The van der Waals surface area contributed by atoms with E-state index in [1.165, 1.54) is 0 Å². The van der Waals surface area contributed by atoms with Gasteiger partial charge in [0.25, 0.3) is 0 Å². The zero-order valence-electron chi connectivity index (χ0n) is 12.9. The van der Waals surface area contributed by atoms with Gasteiger partial charge in [-0.3, -0.25) is 0 Å². The Bertz CT molecular complexity index is 894. The summed E-state index contributed by atoms with van der Waals surface area (Å²) in [5.74, 6) is 0.424. The first-order valence-corrected chi connectivity index (χ1v) is 10.7. The van der Waals surface area contributed by atoms with E-state index in [9.17, 15) is 8.42 Å². The predicted octanol–water partition coefficient (Wildman–Crippen LogP) is 2.47. The zero-order valence-corrected chi connectivity index (χ0v) is 16.0. The number of nitrogens with zero attached hydrogens (tertiary/aromatic N) is 2. The minimum atomic E-state index is -2.97. The Morgan fingerprint density at radius 1 is 1.29 bits per heavy atom. The fraction of sp³-hybridized carbons (Fsp3) is 0.438. The smallest absolute Gasteiger partial charge is 0.156 e. The third-order valence-corrected chi connectivity index (χ3v) is 7.80. The molecule has 3 heterocycles. The highest BCUT2D eigenvalue weighted by atomic mass is 79.9. The lowest BCUT2D eigenvalue weighted by molar-refractivity contribution is 0.368. The number of halogens is 2. The van der Waals surface area contributed by atoms with Crippen molar-refractivity contribution < 1.29 is 8.42 Å². The normalized spacial score (nSPS) is 24.1. The first kappa shape index (κ1) is 16.6. The van der Waals surface area contributed by atoms with E-state index in [0.29, 0.717) is 18.2 Å². The number of hydrogen-bond acceptors (Lipinski definition) is 5. The summed E-state index contributed by atoms with van der Waals surface area (Å²) < 4.78 is 25.5. The van der Waals surface area contributed by atoms with Gasteiger partial charge in [-0.1, -0.05) is 27.5 Å². The van der Waals surface area contributed by atoms with Crippen LogP contribution in [0, 0.1) is 5.92 Å². The van der Waals surface area contributed by atoms with Crippen LogP contribution in [-0.2, 0) is 9.84 Å². The van der Waals surface area contributed by atoms with Gasteiger partial charge >= 0.3 is 0 Å². The van der Waals surface area contributed by atoms with Gasteiger partial charge in [-0.05, 0) is 23.6 Å². The lowest BCUT2D eigenvalue weighted by Gasteiger charge is -2.45. The van der Waals surface area contributed by atoms with Gasteiger partial charge in [0, 0.05) is 53.8 Å². The number of nitrogens with one attached hydrogen (secondary N) is 1. The summed E-state index contributed by atoms with van der Waals surface area (Å²) >= 11 is 9.54. The standard InChI is InChI=1S/C16H17BrClN3O2S/c17-12-3-10-4-16(18)20-6-13(10)14(5-12)21-8-11(9-21)15-7-19-1-2-24(15,22)23/h3-6,11,15,19H,1-2,7-9H2. The summed E-state index contributed by atoms with van der Waals surface area (Å²) in [5.41, 5.74) is 1.07. The number of aromatic nitrogens is 1. The van der Waals surface area contributed by atoms with E-state index < -0.39 is 9.84 Å². The maximum Gasteiger partial charge on any atom is 0.156 e. The molecule has 1 aromatic carbocycles. The Labute approximate surface area is 154 Å². The van der Waals surface area contributed by atoms with E-state index >= 15 is 0 Å². The van der Waals surface area contributed by atoms with Gasteiger partial charge in [0.1, 0.15) is 5.15 Å². The summed E-state index contributed by atoms with van der Waals surface area (Å²) in [6.07, 6.45) is 1.78. The third-order valence-electron chi connectivity index (χ3n) is 4.89. The molecule has 2 aliphatic heterocycles. The number of rotatable bonds is 2. The van der Waals surface area contributed by atoms with Crippen LogP contribution < -0.4 is 10.2 Å². The van der Waals surface area contributed by atoms with Crippen molar-refractivity contribution in [2.75, 3.05) is 36.8 Å². The van der Waals surface area contributed by atoms with E-state index in [-0.39, 0.29) is 16.9 Å². The number of anilines is 1. The van der Waals surface area contributed by atoms with Gasteiger partial charge in [0.05, 0.1) is 11.0 Å². The molecule has 5 nitrogen and oxygen atoms in total. The summed E-state index contributed by atoms with van der Waals surface area (Å²) in [6.45, 7) is 2.63. The van der Waals surface area contributed by atoms with Crippen molar-refractivity contribution in [3.05, 3.63) is 34.0 Å². The van der Waals surface area contributed by atoms with Crippen molar-refractivity contribution in [2.45, 2.75) is 5.25 Å². The van der Waals surface area contributed by atoms with E-state index in [0.717, 1.165) is 34.0 Å². The molecule has 2 aliphatic rings. The molecule has 0 spiro atoms. The molecule has 0 bridgehead atoms. The van der Waals surface area contributed by atoms with Crippen LogP contribution in [0.2, 0.25) is 5.15 Å². The number of sulfone groups is 1. The molecule has 1 unspecified atom stereocenters. The Hall–Kier alpha value is -0.890. The van der Waals surface area contributed by atoms with Crippen LogP contribution in [0.25, 0.3) is 10.8 Å². The molecule has 4 rings (SSSR count). The third kappa shape index (κ3) is 2.92. The topological polar surface area (TPSA) is 62.3 Å². The molecular weight excluding hydrogens is 414 g/mol. The summed E-state index contributed by atoms with van der Waals surface area (Å²) in [7, 11) is -2.97. The molecule has 0 amide bonds. The number of benzene rings is 1. The average molecular weight is 431 g/mol. The first-order valence-electron chi connectivity index (χ1n) is 7.86. The van der Waals surface area contributed by atoms with Crippen molar-refractivity contribution >= 4 is 53.8 Å². The van der Waals surface area contributed by atoms with Crippen molar-refractivity contribution in [2.24, 2.45) is 5.92 Å². The van der Waals surface area contributed by atoms with Crippen LogP contribution in [0.15, 0.2) is 28.9 Å². The highest BCUT2D eigenvalue weighted by molar-refractivity contribution is 9.10. The lowest BCUT2D eigenvalue weighted by Crippen LogP contribution is -2.59. The van der Waals surface area contributed by atoms with Crippen molar-refractivity contribution in [1.29, 1.82) is 0 Å². The zero-order chi connectivity index (χ0) is 16.9. The van der Waals surface area contributed by atoms with Crippen LogP contribution in [-0.4, -0.2) is 50.6 Å². The second-order valence-electron chi connectivity index (χ2n) is 6.43. The van der Waals surface area contributed by atoms with E-state index in [4.69, 9.17) is 11.6 Å². The Balaban J connectivity index is 1.60. The molecule has 0 aliphatic carbocycles. The predicted molar refractivity (Wildman–Crippen MR) is 101 cm³/mol. The van der Waals surface area contributed by atoms with Crippen LogP contribution in [0.3, 0.4) is 0 Å². The highest BCUT2D eigenvalue weighted by Crippen LogP contribution is 2.37. The van der Waals surface area contributed by atoms with Crippen molar-refractivity contribution in [3.8, 4) is 0 Å². The molecule has 0 radical (unpaired) electrons. The molecule has 0 saturated carbocycles. The Morgan fingerprint density at radius 3 is 2.83 bits per heavy atom. The Morgan fingerprint density at radius 2 is 2.08 bits per heavy atom. The van der Waals surface area contributed by atoms with Gasteiger partial charge < -0.3 is 10.2 Å². The number of fused-ring (bicyclic) bond motifs is 1. The molecule has 1 N–H and O–H groups in total. The lowest BCUT2D eigenvalue weighted by atomic mass is 9.94. The van der Waals surface area contributed by atoms with E-state index in [2.05, 4.69) is 37.2 Å². The second-order valence-corrected chi connectivity index (χ2v) is 10.1. The van der Waals surface area contributed by atoms with Crippen LogP contribution in [0.1, 0.15) is 0 Å². The molecule has 1 aromatic heterocycles. The maximum atomic E-state index is 12.3. The summed E-state index contributed by atoms with van der Waals surface area (Å²) in [5, 5.41) is 5.46.